The Morgan fingerprint density at radius 2 is 2.06 bits per heavy atom. The number of hydrogen-bond donors (Lipinski definition) is 1. The average Bonchev–Trinajstić information content (AvgIpc) is 3.39. The van der Waals surface area contributed by atoms with E-state index in [0.29, 0.717) is 27.9 Å². The average molecular weight is 489 g/mol. The van der Waals surface area contributed by atoms with Gasteiger partial charge in [0.2, 0.25) is 5.91 Å². The van der Waals surface area contributed by atoms with Crippen molar-refractivity contribution in [2.45, 2.75) is 23.9 Å². The topological polar surface area (TPSA) is 127 Å². The minimum absolute atomic E-state index is 0.119. The number of carbonyl (C=O) groups is 2. The molecule has 1 amide bonds. The van der Waals surface area contributed by atoms with Gasteiger partial charge in [0.1, 0.15) is 5.76 Å². The molecule has 2 aromatic carbocycles. The molecule has 0 fully saturated rings. The molecule has 4 aromatic rings. The molecule has 1 unspecified atom stereocenters. The van der Waals surface area contributed by atoms with Crippen molar-refractivity contribution < 1.29 is 18.7 Å². The molecule has 9 nitrogen and oxygen atoms in total. The van der Waals surface area contributed by atoms with E-state index in [1.165, 1.54) is 36.1 Å². The molecule has 176 valence electrons. The number of furan rings is 1. The van der Waals surface area contributed by atoms with Crippen molar-refractivity contribution in [2.75, 3.05) is 12.4 Å². The van der Waals surface area contributed by atoms with Crippen LogP contribution < -0.4 is 10.9 Å². The maximum atomic E-state index is 13.4. The van der Waals surface area contributed by atoms with E-state index in [9.17, 15) is 14.4 Å². The molecular formula is C25H20N4O5S. The summed E-state index contributed by atoms with van der Waals surface area (Å²) >= 11 is 1.10. The van der Waals surface area contributed by atoms with Crippen LogP contribution in [0.25, 0.3) is 10.9 Å². The summed E-state index contributed by atoms with van der Waals surface area (Å²) in [5.41, 5.74) is 1.15. The molecule has 35 heavy (non-hydrogen) atoms. The second-order valence-electron chi connectivity index (χ2n) is 7.53. The largest absolute Gasteiger partial charge is 0.467 e. The summed E-state index contributed by atoms with van der Waals surface area (Å²) in [6, 6.07) is 16.6. The number of fused-ring (bicyclic) bond motifs is 1. The van der Waals surface area contributed by atoms with Gasteiger partial charge in [0, 0.05) is 5.69 Å². The number of nitrogens with zero attached hydrogens (tertiary/aromatic N) is 3. The number of esters is 1. The van der Waals surface area contributed by atoms with Crippen LogP contribution in [-0.2, 0) is 16.1 Å². The third-order valence-corrected chi connectivity index (χ3v) is 6.24. The maximum absolute atomic E-state index is 13.4. The van der Waals surface area contributed by atoms with Crippen LogP contribution in [0.5, 0.6) is 0 Å². The number of hydrogen-bond acceptors (Lipinski definition) is 8. The molecule has 0 radical (unpaired) electrons. The molecule has 0 saturated carbocycles. The molecule has 2 aromatic heterocycles. The van der Waals surface area contributed by atoms with Gasteiger partial charge in [-0.15, -0.1) is 0 Å². The van der Waals surface area contributed by atoms with Crippen LogP contribution in [0.15, 0.2) is 75.2 Å². The zero-order chi connectivity index (χ0) is 24.9. The number of aromatic nitrogens is 2. The number of carbonyl (C=O) groups excluding carboxylic acids is 2. The highest BCUT2D eigenvalue weighted by Crippen LogP contribution is 2.25. The third-order valence-electron chi connectivity index (χ3n) is 5.15. The van der Waals surface area contributed by atoms with Crippen LogP contribution in [0.3, 0.4) is 0 Å². The van der Waals surface area contributed by atoms with Gasteiger partial charge in [0.25, 0.3) is 5.56 Å². The van der Waals surface area contributed by atoms with Crippen molar-refractivity contribution in [3.63, 3.8) is 0 Å². The van der Waals surface area contributed by atoms with Crippen LogP contribution in [0, 0.1) is 11.3 Å². The van der Waals surface area contributed by atoms with E-state index in [1.54, 1.807) is 43.3 Å². The number of benzene rings is 2. The zero-order valence-electron chi connectivity index (χ0n) is 18.8. The van der Waals surface area contributed by atoms with Gasteiger partial charge in [0.05, 0.1) is 53.3 Å². The molecule has 0 aliphatic heterocycles. The minimum atomic E-state index is -0.642. The van der Waals surface area contributed by atoms with E-state index >= 15 is 0 Å². The SMILES string of the molecule is COC(=O)c1ccc2c(=O)n(Cc3ccco3)c(SC(C)C(=O)Nc3cccc(C#N)c3)nc2c1. The molecular weight excluding hydrogens is 468 g/mol. The fourth-order valence-corrected chi connectivity index (χ4v) is 4.26. The number of nitrogens with one attached hydrogen (secondary N) is 1. The summed E-state index contributed by atoms with van der Waals surface area (Å²) in [6.07, 6.45) is 1.51. The summed E-state index contributed by atoms with van der Waals surface area (Å²) in [5.74, 6) is -0.325. The van der Waals surface area contributed by atoms with E-state index in [0.717, 1.165) is 11.8 Å². The Hall–Kier alpha value is -4.36. The molecule has 2 heterocycles. The summed E-state index contributed by atoms with van der Waals surface area (Å²) < 4.78 is 11.6. The lowest BCUT2D eigenvalue weighted by Crippen LogP contribution is -2.27. The number of anilines is 1. The van der Waals surface area contributed by atoms with Crippen LogP contribution >= 0.6 is 11.8 Å². The van der Waals surface area contributed by atoms with E-state index in [-0.39, 0.29) is 28.7 Å². The maximum Gasteiger partial charge on any atom is 0.337 e. The first kappa shape index (κ1) is 23.8. The van der Waals surface area contributed by atoms with Crippen molar-refractivity contribution in [1.29, 1.82) is 5.26 Å². The number of amides is 1. The molecule has 0 bridgehead atoms. The Balaban J connectivity index is 1.70. The highest BCUT2D eigenvalue weighted by atomic mass is 32.2. The second-order valence-corrected chi connectivity index (χ2v) is 8.84. The summed E-state index contributed by atoms with van der Waals surface area (Å²) in [5, 5.41) is 11.8. The van der Waals surface area contributed by atoms with Crippen LogP contribution in [0.4, 0.5) is 5.69 Å². The summed E-state index contributed by atoms with van der Waals surface area (Å²) in [4.78, 5) is 42.8. The third kappa shape index (κ3) is 5.26. The number of thioether (sulfide) groups is 1. The van der Waals surface area contributed by atoms with Crippen molar-refractivity contribution in [2.24, 2.45) is 0 Å². The molecule has 1 N–H and O–H groups in total. The summed E-state index contributed by atoms with van der Waals surface area (Å²) in [7, 11) is 1.27. The van der Waals surface area contributed by atoms with Gasteiger partial charge in [-0.05, 0) is 55.5 Å². The van der Waals surface area contributed by atoms with Gasteiger partial charge < -0.3 is 14.5 Å². The van der Waals surface area contributed by atoms with E-state index in [1.807, 2.05) is 6.07 Å². The lowest BCUT2D eigenvalue weighted by Gasteiger charge is -2.16. The lowest BCUT2D eigenvalue weighted by atomic mass is 10.1. The first-order valence-corrected chi connectivity index (χ1v) is 11.4. The Bertz CT molecular complexity index is 1500. The lowest BCUT2D eigenvalue weighted by molar-refractivity contribution is -0.115. The molecule has 4 rings (SSSR count). The highest BCUT2D eigenvalue weighted by molar-refractivity contribution is 8.00. The molecule has 0 aliphatic rings. The monoisotopic (exact) mass is 488 g/mol. The molecule has 0 spiro atoms. The van der Waals surface area contributed by atoms with Gasteiger partial charge in [-0.1, -0.05) is 17.8 Å². The number of rotatable bonds is 7. The Morgan fingerprint density at radius 3 is 2.77 bits per heavy atom. The Kier molecular flexibility index (Phi) is 6.98. The van der Waals surface area contributed by atoms with Crippen LogP contribution in [0.1, 0.15) is 28.6 Å². The highest BCUT2D eigenvalue weighted by Gasteiger charge is 2.21. The minimum Gasteiger partial charge on any atom is -0.467 e. The van der Waals surface area contributed by atoms with E-state index in [2.05, 4.69) is 10.3 Å². The molecule has 0 saturated heterocycles. The van der Waals surface area contributed by atoms with E-state index < -0.39 is 11.2 Å². The fourth-order valence-electron chi connectivity index (χ4n) is 3.36. The van der Waals surface area contributed by atoms with Crippen LogP contribution in [-0.4, -0.2) is 33.8 Å². The zero-order valence-corrected chi connectivity index (χ0v) is 19.7. The van der Waals surface area contributed by atoms with Gasteiger partial charge in [0.15, 0.2) is 5.16 Å². The number of nitriles is 1. The van der Waals surface area contributed by atoms with Gasteiger partial charge in [-0.3, -0.25) is 14.2 Å². The Labute approximate surface area is 204 Å². The quantitative estimate of drug-likeness (QED) is 0.236. The predicted octanol–water partition coefficient (Wildman–Crippen LogP) is 3.82. The first-order chi connectivity index (χ1) is 16.9. The standard InChI is InChI=1S/C25H20N4O5S/c1-15(22(30)27-18-6-3-5-16(11-18)13-26)35-25-28-21-12-17(24(32)33-2)8-9-20(21)23(31)29(25)14-19-7-4-10-34-19/h3-12,15H,14H2,1-2H3,(H,27,30). The fraction of sp³-hybridized carbons (Fsp3) is 0.160. The van der Waals surface area contributed by atoms with E-state index in [4.69, 9.17) is 14.4 Å². The van der Waals surface area contributed by atoms with Crippen LogP contribution in [0.2, 0.25) is 0 Å². The molecule has 0 aliphatic carbocycles. The first-order valence-electron chi connectivity index (χ1n) is 10.5. The van der Waals surface area contributed by atoms with Crippen molar-refractivity contribution in [3.8, 4) is 6.07 Å². The van der Waals surface area contributed by atoms with Crippen molar-refractivity contribution in [1.82, 2.24) is 9.55 Å². The normalized spacial score (nSPS) is 11.6. The second kappa shape index (κ2) is 10.3. The van der Waals surface area contributed by atoms with Crippen molar-refractivity contribution in [3.05, 3.63) is 88.1 Å². The Morgan fingerprint density at radius 1 is 1.23 bits per heavy atom. The van der Waals surface area contributed by atoms with Gasteiger partial charge in [-0.25, -0.2) is 9.78 Å². The number of methoxy groups -OCH3 is 1. The molecule has 10 heteroatoms. The van der Waals surface area contributed by atoms with Gasteiger partial charge >= 0.3 is 5.97 Å². The van der Waals surface area contributed by atoms with Crippen molar-refractivity contribution >= 4 is 40.2 Å². The predicted molar refractivity (Wildman–Crippen MR) is 130 cm³/mol. The van der Waals surface area contributed by atoms with Gasteiger partial charge in [-0.2, -0.15) is 5.26 Å². The smallest absolute Gasteiger partial charge is 0.337 e. The molecule has 1 atom stereocenters. The summed E-state index contributed by atoms with van der Waals surface area (Å²) in [6.45, 7) is 1.81. The number of ether oxygens (including phenoxy) is 1.